The standard InChI is InChI=1S/C16H19NO/c1-17(13-15-10-6-3-7-11-15)16(18)12-14-8-4-2-5-9-14/h2-11,16,18H,12-13H2,1H3. The first-order valence-corrected chi connectivity index (χ1v) is 6.22. The number of aliphatic hydroxyl groups excluding tert-OH is 1. The zero-order valence-electron chi connectivity index (χ0n) is 10.7. The zero-order valence-corrected chi connectivity index (χ0v) is 10.7. The van der Waals surface area contributed by atoms with Crippen LogP contribution in [0.2, 0.25) is 0 Å². The Hall–Kier alpha value is -1.64. The first kappa shape index (κ1) is 12.8. The molecule has 0 fully saturated rings. The number of benzene rings is 2. The molecule has 2 nitrogen and oxygen atoms in total. The minimum atomic E-state index is -0.451. The predicted octanol–water partition coefficient (Wildman–Crippen LogP) is 2.68. The summed E-state index contributed by atoms with van der Waals surface area (Å²) in [6.45, 7) is 0.759. The van der Waals surface area contributed by atoms with E-state index in [9.17, 15) is 5.11 Å². The second-order valence-corrected chi connectivity index (χ2v) is 4.57. The van der Waals surface area contributed by atoms with Gasteiger partial charge >= 0.3 is 0 Å². The summed E-state index contributed by atoms with van der Waals surface area (Å²) in [5.74, 6) is 0. The van der Waals surface area contributed by atoms with E-state index in [2.05, 4.69) is 12.1 Å². The summed E-state index contributed by atoms with van der Waals surface area (Å²) in [6, 6.07) is 20.3. The maximum Gasteiger partial charge on any atom is 0.111 e. The van der Waals surface area contributed by atoms with Gasteiger partial charge in [0.15, 0.2) is 0 Å². The van der Waals surface area contributed by atoms with Crippen LogP contribution in [-0.2, 0) is 13.0 Å². The lowest BCUT2D eigenvalue weighted by atomic mass is 10.1. The molecule has 2 heteroatoms. The monoisotopic (exact) mass is 241 g/mol. The van der Waals surface area contributed by atoms with Crippen molar-refractivity contribution in [2.45, 2.75) is 19.2 Å². The fourth-order valence-electron chi connectivity index (χ4n) is 1.96. The summed E-state index contributed by atoms with van der Waals surface area (Å²) < 4.78 is 0. The molecule has 0 aliphatic rings. The molecule has 2 rings (SSSR count). The lowest BCUT2D eigenvalue weighted by Gasteiger charge is -2.23. The van der Waals surface area contributed by atoms with Crippen molar-refractivity contribution in [2.24, 2.45) is 0 Å². The number of nitrogens with zero attached hydrogens (tertiary/aromatic N) is 1. The van der Waals surface area contributed by atoms with Crippen LogP contribution in [0.5, 0.6) is 0 Å². The maximum atomic E-state index is 10.2. The molecule has 0 aromatic heterocycles. The van der Waals surface area contributed by atoms with Crippen LogP contribution in [0.4, 0.5) is 0 Å². The Morgan fingerprint density at radius 2 is 1.39 bits per heavy atom. The summed E-state index contributed by atoms with van der Waals surface area (Å²) in [5.41, 5.74) is 2.37. The molecule has 2 aromatic carbocycles. The lowest BCUT2D eigenvalue weighted by Crippen LogP contribution is -2.32. The quantitative estimate of drug-likeness (QED) is 0.814. The highest BCUT2D eigenvalue weighted by atomic mass is 16.3. The van der Waals surface area contributed by atoms with Crippen LogP contribution in [-0.4, -0.2) is 23.3 Å². The van der Waals surface area contributed by atoms with Crippen molar-refractivity contribution in [3.05, 3.63) is 71.8 Å². The molecule has 0 bridgehead atoms. The smallest absolute Gasteiger partial charge is 0.111 e. The number of likely N-dealkylation sites (N-methyl/N-ethyl adjacent to an activating group) is 1. The first-order valence-electron chi connectivity index (χ1n) is 6.22. The van der Waals surface area contributed by atoms with Gasteiger partial charge in [-0.1, -0.05) is 60.7 Å². The van der Waals surface area contributed by atoms with Gasteiger partial charge < -0.3 is 5.11 Å². The van der Waals surface area contributed by atoms with Crippen molar-refractivity contribution < 1.29 is 5.11 Å². The summed E-state index contributed by atoms with van der Waals surface area (Å²) in [5, 5.41) is 10.2. The number of hydrogen-bond donors (Lipinski definition) is 1. The Bertz CT molecular complexity index is 410. The van der Waals surface area contributed by atoms with E-state index in [1.165, 1.54) is 5.56 Å². The van der Waals surface area contributed by atoms with Gasteiger partial charge in [-0.15, -0.1) is 0 Å². The molecule has 0 amide bonds. The first-order chi connectivity index (χ1) is 8.75. The summed E-state index contributed by atoms with van der Waals surface area (Å²) in [7, 11) is 1.95. The molecule has 2 aromatic rings. The molecule has 1 N–H and O–H groups in total. The van der Waals surface area contributed by atoms with Gasteiger partial charge in [0.25, 0.3) is 0 Å². The Labute approximate surface area is 109 Å². The molecule has 0 radical (unpaired) electrons. The predicted molar refractivity (Wildman–Crippen MR) is 74.1 cm³/mol. The van der Waals surface area contributed by atoms with Crippen LogP contribution in [0.25, 0.3) is 0 Å². The number of rotatable bonds is 5. The normalized spacial score (nSPS) is 12.6. The fourth-order valence-corrected chi connectivity index (χ4v) is 1.96. The molecule has 18 heavy (non-hydrogen) atoms. The molecule has 0 aliphatic heterocycles. The largest absolute Gasteiger partial charge is 0.378 e. The third kappa shape index (κ3) is 3.69. The molecule has 0 spiro atoms. The highest BCUT2D eigenvalue weighted by Gasteiger charge is 2.11. The van der Waals surface area contributed by atoms with Crippen LogP contribution < -0.4 is 0 Å². The number of aliphatic hydroxyl groups is 1. The molecule has 0 aliphatic carbocycles. The third-order valence-corrected chi connectivity index (χ3v) is 3.04. The molecule has 0 heterocycles. The van der Waals surface area contributed by atoms with Gasteiger partial charge in [-0.25, -0.2) is 0 Å². The molecule has 1 atom stereocenters. The van der Waals surface area contributed by atoms with Crippen molar-refractivity contribution >= 4 is 0 Å². The molecular weight excluding hydrogens is 222 g/mol. The van der Waals surface area contributed by atoms with Gasteiger partial charge in [-0.2, -0.15) is 0 Å². The van der Waals surface area contributed by atoms with E-state index in [-0.39, 0.29) is 0 Å². The third-order valence-electron chi connectivity index (χ3n) is 3.04. The van der Waals surface area contributed by atoms with Crippen LogP contribution >= 0.6 is 0 Å². The van der Waals surface area contributed by atoms with E-state index in [1.807, 2.05) is 60.5 Å². The maximum absolute atomic E-state index is 10.2. The van der Waals surface area contributed by atoms with Crippen molar-refractivity contribution in [2.75, 3.05) is 7.05 Å². The lowest BCUT2D eigenvalue weighted by molar-refractivity contribution is 0.0176. The van der Waals surface area contributed by atoms with E-state index < -0.39 is 6.23 Å². The van der Waals surface area contributed by atoms with Crippen LogP contribution in [0.3, 0.4) is 0 Å². The van der Waals surface area contributed by atoms with Crippen LogP contribution in [0.15, 0.2) is 60.7 Å². The minimum absolute atomic E-state index is 0.451. The van der Waals surface area contributed by atoms with Crippen molar-refractivity contribution in [1.29, 1.82) is 0 Å². The summed E-state index contributed by atoms with van der Waals surface area (Å²) in [6.07, 6.45) is 0.206. The Morgan fingerprint density at radius 1 is 0.889 bits per heavy atom. The molecular formula is C16H19NO. The SMILES string of the molecule is CN(Cc1ccccc1)C(O)Cc1ccccc1. The van der Waals surface area contributed by atoms with Crippen molar-refractivity contribution in [3.8, 4) is 0 Å². The van der Waals surface area contributed by atoms with E-state index in [0.29, 0.717) is 6.42 Å². The average molecular weight is 241 g/mol. The molecule has 0 saturated carbocycles. The zero-order chi connectivity index (χ0) is 12.8. The second kappa shape index (κ2) is 6.34. The van der Waals surface area contributed by atoms with E-state index in [1.54, 1.807) is 0 Å². The Kier molecular flexibility index (Phi) is 4.51. The van der Waals surface area contributed by atoms with Gasteiger partial charge in [0.2, 0.25) is 0 Å². The second-order valence-electron chi connectivity index (χ2n) is 4.57. The highest BCUT2D eigenvalue weighted by molar-refractivity contribution is 5.16. The molecule has 94 valence electrons. The minimum Gasteiger partial charge on any atom is -0.378 e. The Morgan fingerprint density at radius 3 is 1.94 bits per heavy atom. The van der Waals surface area contributed by atoms with Crippen LogP contribution in [0, 0.1) is 0 Å². The number of hydrogen-bond acceptors (Lipinski definition) is 2. The average Bonchev–Trinajstić information content (AvgIpc) is 2.41. The van der Waals surface area contributed by atoms with Gasteiger partial charge in [0.05, 0.1) is 0 Å². The fraction of sp³-hybridized carbons (Fsp3) is 0.250. The van der Waals surface area contributed by atoms with Crippen molar-refractivity contribution in [3.63, 3.8) is 0 Å². The van der Waals surface area contributed by atoms with Crippen LogP contribution in [0.1, 0.15) is 11.1 Å². The topological polar surface area (TPSA) is 23.5 Å². The van der Waals surface area contributed by atoms with E-state index in [4.69, 9.17) is 0 Å². The Balaban J connectivity index is 1.91. The molecule has 1 unspecified atom stereocenters. The molecule has 0 saturated heterocycles. The van der Waals surface area contributed by atoms with Gasteiger partial charge in [0, 0.05) is 13.0 Å². The summed E-state index contributed by atoms with van der Waals surface area (Å²) in [4.78, 5) is 1.96. The van der Waals surface area contributed by atoms with E-state index in [0.717, 1.165) is 12.1 Å². The van der Waals surface area contributed by atoms with Gasteiger partial charge in [-0.05, 0) is 18.2 Å². The van der Waals surface area contributed by atoms with Gasteiger partial charge in [0.1, 0.15) is 6.23 Å². The highest BCUT2D eigenvalue weighted by Crippen LogP contribution is 2.09. The van der Waals surface area contributed by atoms with E-state index >= 15 is 0 Å². The van der Waals surface area contributed by atoms with Gasteiger partial charge in [-0.3, -0.25) is 4.90 Å². The summed E-state index contributed by atoms with van der Waals surface area (Å²) >= 11 is 0. The van der Waals surface area contributed by atoms with Crippen molar-refractivity contribution in [1.82, 2.24) is 4.90 Å².